The van der Waals surface area contributed by atoms with Gasteiger partial charge in [0, 0.05) is 18.2 Å². The molecular weight excluding hydrogens is 536 g/mol. The van der Waals surface area contributed by atoms with E-state index < -0.39 is 47.5 Å². The lowest BCUT2D eigenvalue weighted by Gasteiger charge is -2.38. The van der Waals surface area contributed by atoms with E-state index in [-0.39, 0.29) is 18.6 Å². The molecule has 5 N–H and O–H groups in total. The number of ether oxygens (including phenoxy) is 1. The number of fused-ring (bicyclic) bond motifs is 1. The number of phenols is 1. The van der Waals surface area contributed by atoms with Gasteiger partial charge >= 0.3 is 6.09 Å². The van der Waals surface area contributed by atoms with Gasteiger partial charge in [-0.15, -0.1) is 0 Å². The van der Waals surface area contributed by atoms with Crippen LogP contribution in [0.5, 0.6) is 5.75 Å². The third kappa shape index (κ3) is 8.70. The Labute approximate surface area is 246 Å². The number of hydrogen-bond donors (Lipinski definition) is 4. The number of carbonyl (C=O) groups is 4. The van der Waals surface area contributed by atoms with Gasteiger partial charge in [-0.25, -0.2) is 4.79 Å². The summed E-state index contributed by atoms with van der Waals surface area (Å²) in [4.78, 5) is 54.1. The zero-order valence-corrected chi connectivity index (χ0v) is 24.7. The van der Waals surface area contributed by atoms with Crippen molar-refractivity contribution in [3.8, 4) is 5.75 Å². The number of nitrogens with zero attached hydrogens (tertiary/aromatic N) is 1. The monoisotopic (exact) mass is 576 g/mol. The second-order valence-corrected chi connectivity index (χ2v) is 11.3. The van der Waals surface area contributed by atoms with E-state index in [0.29, 0.717) is 17.7 Å². The van der Waals surface area contributed by atoms with Crippen molar-refractivity contribution in [1.82, 2.24) is 10.2 Å². The summed E-state index contributed by atoms with van der Waals surface area (Å²) in [6.45, 7) is 8.75. The molecule has 10 nitrogen and oxygen atoms in total. The first-order valence-electron chi connectivity index (χ1n) is 14.0. The number of rotatable bonds is 11. The second-order valence-electron chi connectivity index (χ2n) is 11.3. The number of anilines is 1. The van der Waals surface area contributed by atoms with Crippen LogP contribution in [0.25, 0.3) is 10.8 Å². The Morgan fingerprint density at radius 1 is 0.976 bits per heavy atom. The molecule has 0 heterocycles. The molecule has 4 amide bonds. The fourth-order valence-electron chi connectivity index (χ4n) is 4.54. The van der Waals surface area contributed by atoms with Crippen molar-refractivity contribution in [2.24, 2.45) is 5.73 Å². The van der Waals surface area contributed by atoms with Crippen molar-refractivity contribution < 1.29 is 29.0 Å². The minimum atomic E-state index is -1.20. The molecule has 0 radical (unpaired) electrons. The molecule has 0 spiro atoms. The molecule has 0 saturated heterocycles. The molecule has 0 aromatic heterocycles. The van der Waals surface area contributed by atoms with Gasteiger partial charge in [0.2, 0.25) is 11.8 Å². The molecule has 3 aromatic rings. The number of nitrogens with two attached hydrogens (primary N) is 1. The molecule has 3 atom stereocenters. The van der Waals surface area contributed by atoms with Crippen LogP contribution in [0.3, 0.4) is 0 Å². The summed E-state index contributed by atoms with van der Waals surface area (Å²) in [7, 11) is 0. The van der Waals surface area contributed by atoms with E-state index in [1.165, 1.54) is 17.0 Å². The van der Waals surface area contributed by atoms with E-state index >= 15 is 0 Å². The van der Waals surface area contributed by atoms with Crippen LogP contribution >= 0.6 is 0 Å². The summed E-state index contributed by atoms with van der Waals surface area (Å²) in [6.07, 6.45) is -0.613. The van der Waals surface area contributed by atoms with Crippen LogP contribution in [0.4, 0.5) is 10.5 Å². The lowest BCUT2D eigenvalue weighted by Crippen LogP contribution is -2.55. The standard InChI is InChI=1S/C32H40N4O6/c1-6-20(2)36(30(40)26(17-18-27(33)38)35-31(41)42-32(3,4)5)28(22-12-15-25(37)16-13-22)29(39)34-24-14-11-21-9-7-8-10-23(21)19-24/h7-16,19-20,26,28,37H,6,17-18H2,1-5H3,(H2,33,38)(H,34,39)(H,35,41). The fourth-order valence-corrected chi connectivity index (χ4v) is 4.54. The van der Waals surface area contributed by atoms with Crippen molar-refractivity contribution in [3.05, 3.63) is 72.3 Å². The Kier molecular flexibility index (Phi) is 10.5. The smallest absolute Gasteiger partial charge is 0.408 e. The van der Waals surface area contributed by atoms with Crippen molar-refractivity contribution in [3.63, 3.8) is 0 Å². The summed E-state index contributed by atoms with van der Waals surface area (Å²) in [5, 5.41) is 17.4. The SMILES string of the molecule is CCC(C)N(C(=O)C(CCC(N)=O)NC(=O)OC(C)(C)C)C(C(=O)Nc1ccc2ccccc2c1)c1ccc(O)cc1. The average molecular weight is 577 g/mol. The number of benzene rings is 3. The number of alkyl carbamates (subject to hydrolysis) is 1. The zero-order chi connectivity index (χ0) is 31.0. The van der Waals surface area contributed by atoms with Gasteiger partial charge in [0.1, 0.15) is 23.4 Å². The molecule has 0 aliphatic rings. The first-order valence-corrected chi connectivity index (χ1v) is 14.0. The minimum absolute atomic E-state index is 0.000203. The number of aromatic hydroxyl groups is 1. The molecule has 0 bridgehead atoms. The van der Waals surface area contributed by atoms with Gasteiger partial charge in [0.25, 0.3) is 5.91 Å². The quantitative estimate of drug-likeness (QED) is 0.252. The number of carbonyl (C=O) groups excluding carboxylic acids is 4. The predicted octanol–water partition coefficient (Wildman–Crippen LogP) is 5.01. The van der Waals surface area contributed by atoms with Crippen molar-refractivity contribution in [2.45, 2.75) is 77.6 Å². The topological polar surface area (TPSA) is 151 Å². The first kappa shape index (κ1) is 31.9. The molecule has 0 aliphatic carbocycles. The van der Waals surface area contributed by atoms with E-state index in [4.69, 9.17) is 10.5 Å². The summed E-state index contributed by atoms with van der Waals surface area (Å²) >= 11 is 0. The van der Waals surface area contributed by atoms with Gasteiger partial charge in [0.05, 0.1) is 0 Å². The van der Waals surface area contributed by atoms with Crippen molar-refractivity contribution >= 4 is 40.3 Å². The molecule has 224 valence electrons. The van der Waals surface area contributed by atoms with Crippen LogP contribution in [-0.4, -0.2) is 51.5 Å². The maximum atomic E-state index is 14.2. The molecule has 3 unspecified atom stereocenters. The van der Waals surface area contributed by atoms with Crippen LogP contribution in [0, 0.1) is 0 Å². The summed E-state index contributed by atoms with van der Waals surface area (Å²) < 4.78 is 5.37. The predicted molar refractivity (Wildman–Crippen MR) is 162 cm³/mol. The Morgan fingerprint density at radius 2 is 1.62 bits per heavy atom. The number of nitrogens with one attached hydrogen (secondary N) is 2. The largest absolute Gasteiger partial charge is 0.508 e. The van der Waals surface area contributed by atoms with Crippen LogP contribution in [-0.2, 0) is 19.1 Å². The molecule has 0 saturated carbocycles. The Hall–Kier alpha value is -4.60. The Balaban J connectivity index is 2.04. The molecular formula is C32H40N4O6. The van der Waals surface area contributed by atoms with Gasteiger partial charge in [-0.3, -0.25) is 14.4 Å². The molecule has 3 aromatic carbocycles. The highest BCUT2D eigenvalue weighted by Gasteiger charge is 2.38. The maximum Gasteiger partial charge on any atom is 0.408 e. The van der Waals surface area contributed by atoms with Gasteiger partial charge in [-0.2, -0.15) is 0 Å². The summed E-state index contributed by atoms with van der Waals surface area (Å²) in [6, 6.07) is 16.5. The van der Waals surface area contributed by atoms with E-state index in [2.05, 4.69) is 10.6 Å². The van der Waals surface area contributed by atoms with E-state index in [1.54, 1.807) is 45.9 Å². The molecule has 3 rings (SSSR count). The molecule has 0 fully saturated rings. The normalized spacial score (nSPS) is 13.5. The maximum absolute atomic E-state index is 14.2. The Bertz CT molecular complexity index is 1420. The van der Waals surface area contributed by atoms with Crippen molar-refractivity contribution in [1.29, 1.82) is 0 Å². The lowest BCUT2D eigenvalue weighted by atomic mass is 9.98. The van der Waals surface area contributed by atoms with Gasteiger partial charge in [-0.1, -0.05) is 49.4 Å². The Morgan fingerprint density at radius 3 is 2.21 bits per heavy atom. The van der Waals surface area contributed by atoms with Crippen LogP contribution in [0.15, 0.2) is 66.7 Å². The van der Waals surface area contributed by atoms with E-state index in [9.17, 15) is 24.3 Å². The zero-order valence-electron chi connectivity index (χ0n) is 24.7. The highest BCUT2D eigenvalue weighted by Crippen LogP contribution is 2.30. The minimum Gasteiger partial charge on any atom is -0.508 e. The average Bonchev–Trinajstić information content (AvgIpc) is 2.92. The van der Waals surface area contributed by atoms with Crippen LogP contribution < -0.4 is 16.4 Å². The highest BCUT2D eigenvalue weighted by molar-refractivity contribution is 6.00. The summed E-state index contributed by atoms with van der Waals surface area (Å²) in [5.41, 5.74) is 5.54. The van der Waals surface area contributed by atoms with Crippen molar-refractivity contribution in [2.75, 3.05) is 5.32 Å². The first-order chi connectivity index (χ1) is 19.8. The van der Waals surface area contributed by atoms with E-state index in [1.807, 2.05) is 43.3 Å². The number of primary amides is 1. The second kappa shape index (κ2) is 13.8. The molecule has 0 aliphatic heterocycles. The van der Waals surface area contributed by atoms with Crippen LogP contribution in [0.1, 0.15) is 65.5 Å². The molecule has 10 heteroatoms. The van der Waals surface area contributed by atoms with Gasteiger partial charge < -0.3 is 31.1 Å². The third-order valence-electron chi connectivity index (χ3n) is 6.74. The summed E-state index contributed by atoms with van der Waals surface area (Å²) in [5.74, 6) is -1.71. The molecule has 42 heavy (non-hydrogen) atoms. The number of hydrogen-bond acceptors (Lipinski definition) is 6. The highest BCUT2D eigenvalue weighted by atomic mass is 16.6. The number of phenolic OH excluding ortho intramolecular Hbond substituents is 1. The third-order valence-corrected chi connectivity index (χ3v) is 6.74. The number of amides is 4. The van der Waals surface area contributed by atoms with Gasteiger partial charge in [-0.05, 0) is 81.1 Å². The fraction of sp³-hybridized carbons (Fsp3) is 0.375. The van der Waals surface area contributed by atoms with Gasteiger partial charge in [0.15, 0.2) is 0 Å². The van der Waals surface area contributed by atoms with Crippen LogP contribution in [0.2, 0.25) is 0 Å². The lowest BCUT2D eigenvalue weighted by molar-refractivity contribution is -0.143. The van der Waals surface area contributed by atoms with E-state index in [0.717, 1.165) is 10.8 Å².